The molecule has 3 rings (SSSR count). The van der Waals surface area contributed by atoms with Crippen molar-refractivity contribution in [2.24, 2.45) is 5.41 Å². The molecule has 0 saturated carbocycles. The van der Waals surface area contributed by atoms with Gasteiger partial charge in [-0.25, -0.2) is 0 Å². The zero-order chi connectivity index (χ0) is 16.1. The fraction of sp³-hybridized carbons (Fsp3) is 0.450. The third-order valence-corrected chi connectivity index (χ3v) is 4.83. The minimum atomic E-state index is -0.266. The molecule has 2 aromatic rings. The van der Waals surface area contributed by atoms with Gasteiger partial charge in [-0.1, -0.05) is 52.0 Å². The molecule has 0 spiro atoms. The third kappa shape index (κ3) is 2.22. The second-order valence-electron chi connectivity index (χ2n) is 7.37. The van der Waals surface area contributed by atoms with Crippen molar-refractivity contribution in [3.05, 3.63) is 41.5 Å². The fourth-order valence-electron chi connectivity index (χ4n) is 4.17. The molecule has 22 heavy (non-hydrogen) atoms. The lowest BCUT2D eigenvalue weighted by atomic mass is 9.71. The van der Waals surface area contributed by atoms with E-state index in [1.807, 2.05) is 6.07 Å². The van der Waals surface area contributed by atoms with Crippen LogP contribution < -0.4 is 4.74 Å². The number of esters is 1. The van der Waals surface area contributed by atoms with Crippen molar-refractivity contribution >= 4 is 16.7 Å². The molecule has 0 aliphatic heterocycles. The van der Waals surface area contributed by atoms with Crippen molar-refractivity contribution in [3.63, 3.8) is 0 Å². The Kier molecular flexibility index (Phi) is 3.51. The van der Waals surface area contributed by atoms with E-state index in [-0.39, 0.29) is 11.4 Å². The first-order chi connectivity index (χ1) is 10.3. The molecule has 0 bridgehead atoms. The van der Waals surface area contributed by atoms with Crippen molar-refractivity contribution in [3.8, 4) is 5.75 Å². The summed E-state index contributed by atoms with van der Waals surface area (Å²) in [7, 11) is 0. The van der Waals surface area contributed by atoms with Crippen molar-refractivity contribution in [2.75, 3.05) is 0 Å². The molecule has 116 valence electrons. The van der Waals surface area contributed by atoms with E-state index < -0.39 is 0 Å². The summed E-state index contributed by atoms with van der Waals surface area (Å²) in [6.07, 6.45) is 1.12. The lowest BCUT2D eigenvalue weighted by Crippen LogP contribution is -2.21. The number of ether oxygens (including phenoxy) is 1. The van der Waals surface area contributed by atoms with Crippen LogP contribution in [-0.2, 0) is 4.79 Å². The average Bonchev–Trinajstić information content (AvgIpc) is 2.77. The summed E-state index contributed by atoms with van der Waals surface area (Å²) in [5, 5.41) is 2.36. The van der Waals surface area contributed by atoms with Crippen LogP contribution in [0.5, 0.6) is 5.75 Å². The minimum Gasteiger partial charge on any atom is -0.426 e. The van der Waals surface area contributed by atoms with E-state index in [1.54, 1.807) is 0 Å². The summed E-state index contributed by atoms with van der Waals surface area (Å²) in [5.41, 5.74) is 3.01. The largest absolute Gasteiger partial charge is 0.426 e. The van der Waals surface area contributed by atoms with Gasteiger partial charge in [0.15, 0.2) is 0 Å². The number of hydrogen-bond donors (Lipinski definition) is 0. The van der Waals surface area contributed by atoms with Gasteiger partial charge < -0.3 is 4.74 Å². The minimum absolute atomic E-state index is 0.204. The Labute approximate surface area is 132 Å². The summed E-state index contributed by atoms with van der Waals surface area (Å²) in [6, 6.07) is 10.5. The van der Waals surface area contributed by atoms with E-state index in [0.717, 1.165) is 11.8 Å². The maximum absolute atomic E-state index is 11.4. The quantitative estimate of drug-likeness (QED) is 0.547. The van der Waals surface area contributed by atoms with Crippen LogP contribution in [-0.4, -0.2) is 5.97 Å². The molecule has 2 atom stereocenters. The summed E-state index contributed by atoms with van der Waals surface area (Å²) >= 11 is 0. The maximum atomic E-state index is 11.4. The molecule has 2 heteroatoms. The Bertz CT molecular complexity index is 737. The van der Waals surface area contributed by atoms with Crippen LogP contribution in [0.25, 0.3) is 10.8 Å². The van der Waals surface area contributed by atoms with Gasteiger partial charge in [-0.3, -0.25) is 4.79 Å². The van der Waals surface area contributed by atoms with Crippen LogP contribution >= 0.6 is 0 Å². The van der Waals surface area contributed by atoms with E-state index in [2.05, 4.69) is 52.0 Å². The number of benzene rings is 2. The van der Waals surface area contributed by atoms with Crippen molar-refractivity contribution < 1.29 is 9.53 Å². The van der Waals surface area contributed by atoms with Crippen LogP contribution in [0, 0.1) is 5.41 Å². The van der Waals surface area contributed by atoms with Crippen LogP contribution in [0.15, 0.2) is 30.3 Å². The number of carbonyl (C=O) groups is 1. The Balaban J connectivity index is 2.28. The van der Waals surface area contributed by atoms with Crippen molar-refractivity contribution in [1.29, 1.82) is 0 Å². The van der Waals surface area contributed by atoms with Gasteiger partial charge >= 0.3 is 5.97 Å². The molecular formula is C20H24O2. The molecule has 1 aliphatic rings. The summed E-state index contributed by atoms with van der Waals surface area (Å²) in [4.78, 5) is 11.4. The molecule has 0 radical (unpaired) electrons. The van der Waals surface area contributed by atoms with Gasteiger partial charge in [0.25, 0.3) is 0 Å². The summed E-state index contributed by atoms with van der Waals surface area (Å²) in [6.45, 7) is 10.7. The molecule has 2 unspecified atom stereocenters. The Hall–Kier alpha value is -1.83. The molecule has 0 aromatic heterocycles. The summed E-state index contributed by atoms with van der Waals surface area (Å²) < 4.78 is 5.42. The fourth-order valence-corrected chi connectivity index (χ4v) is 4.17. The number of hydrogen-bond acceptors (Lipinski definition) is 2. The van der Waals surface area contributed by atoms with Gasteiger partial charge in [-0.15, -0.1) is 0 Å². The molecule has 0 saturated heterocycles. The molecule has 0 heterocycles. The highest BCUT2D eigenvalue weighted by Gasteiger charge is 2.40. The van der Waals surface area contributed by atoms with Crippen LogP contribution in [0.2, 0.25) is 0 Å². The van der Waals surface area contributed by atoms with Gasteiger partial charge in [-0.2, -0.15) is 0 Å². The molecule has 0 fully saturated rings. The lowest BCUT2D eigenvalue weighted by Gasteiger charge is -2.33. The van der Waals surface area contributed by atoms with Gasteiger partial charge in [-0.05, 0) is 46.3 Å². The zero-order valence-corrected chi connectivity index (χ0v) is 14.1. The van der Waals surface area contributed by atoms with Gasteiger partial charge in [0, 0.05) is 12.3 Å². The van der Waals surface area contributed by atoms with E-state index in [1.165, 1.54) is 23.4 Å². The molecule has 2 nitrogen and oxygen atoms in total. The second-order valence-corrected chi connectivity index (χ2v) is 7.37. The standard InChI is InChI=1S/C20H24O2/c1-6-13-14-8-7-9-15-17(22-12(2)21)11-10-16(18(14)15)19(13)20(3,4)5/h7-11,13,19H,6H2,1-5H3. The topological polar surface area (TPSA) is 26.3 Å². The number of rotatable bonds is 2. The first kappa shape index (κ1) is 15.1. The third-order valence-electron chi connectivity index (χ3n) is 4.83. The van der Waals surface area contributed by atoms with Gasteiger partial charge in [0.1, 0.15) is 5.75 Å². The highest BCUT2D eigenvalue weighted by atomic mass is 16.5. The van der Waals surface area contributed by atoms with Crippen molar-refractivity contribution in [2.45, 2.75) is 52.9 Å². The Morgan fingerprint density at radius 2 is 1.86 bits per heavy atom. The first-order valence-electron chi connectivity index (χ1n) is 8.08. The SMILES string of the molecule is CCC1c2cccc3c(OC(C)=O)ccc(c23)C1C(C)(C)C. The van der Waals surface area contributed by atoms with E-state index >= 15 is 0 Å². The van der Waals surface area contributed by atoms with E-state index in [9.17, 15) is 4.79 Å². The van der Waals surface area contributed by atoms with Crippen LogP contribution in [0.1, 0.15) is 64.0 Å². The molecule has 1 aliphatic carbocycles. The lowest BCUT2D eigenvalue weighted by molar-refractivity contribution is -0.131. The molecule has 0 N–H and O–H groups in total. The van der Waals surface area contributed by atoms with E-state index in [0.29, 0.717) is 17.6 Å². The molecule has 0 amide bonds. The van der Waals surface area contributed by atoms with Gasteiger partial charge in [0.2, 0.25) is 0 Å². The average molecular weight is 296 g/mol. The smallest absolute Gasteiger partial charge is 0.308 e. The van der Waals surface area contributed by atoms with Crippen LogP contribution in [0.4, 0.5) is 0 Å². The normalized spacial score (nSPS) is 20.4. The van der Waals surface area contributed by atoms with Crippen molar-refractivity contribution in [1.82, 2.24) is 0 Å². The molecule has 2 aromatic carbocycles. The van der Waals surface area contributed by atoms with Crippen LogP contribution in [0.3, 0.4) is 0 Å². The highest BCUT2D eigenvalue weighted by Crippen LogP contribution is 2.56. The monoisotopic (exact) mass is 296 g/mol. The Morgan fingerprint density at radius 3 is 2.45 bits per heavy atom. The summed E-state index contributed by atoms with van der Waals surface area (Å²) in [5.74, 6) is 1.45. The molecular weight excluding hydrogens is 272 g/mol. The van der Waals surface area contributed by atoms with Gasteiger partial charge in [0.05, 0.1) is 0 Å². The first-order valence-corrected chi connectivity index (χ1v) is 8.08. The maximum Gasteiger partial charge on any atom is 0.308 e. The predicted molar refractivity (Wildman–Crippen MR) is 90.5 cm³/mol. The number of carbonyl (C=O) groups excluding carboxylic acids is 1. The highest BCUT2D eigenvalue weighted by molar-refractivity contribution is 5.97. The predicted octanol–water partition coefficient (Wildman–Crippen LogP) is 5.40. The van der Waals surface area contributed by atoms with E-state index in [4.69, 9.17) is 4.74 Å². The zero-order valence-electron chi connectivity index (χ0n) is 14.1. The second kappa shape index (κ2) is 5.12. The Morgan fingerprint density at radius 1 is 1.14 bits per heavy atom.